The van der Waals surface area contributed by atoms with Gasteiger partial charge in [0.15, 0.2) is 12.4 Å². The lowest BCUT2D eigenvalue weighted by atomic mass is 10.0. The quantitative estimate of drug-likeness (QED) is 0.195. The number of nitrogens with zero attached hydrogens (tertiary/aromatic N) is 2. The molecular weight excluding hydrogens is 379 g/mol. The van der Waals surface area contributed by atoms with Gasteiger partial charge in [0.05, 0.1) is 23.2 Å². The van der Waals surface area contributed by atoms with Crippen LogP contribution in [0.25, 0.3) is 0 Å². The number of carbonyl (C=O) groups excluding carboxylic acids is 1. The van der Waals surface area contributed by atoms with E-state index in [9.17, 15) is 9.90 Å². The molecule has 0 aliphatic heterocycles. The second-order valence-electron chi connectivity index (χ2n) is 5.18. The molecule has 0 amide bonds. The fourth-order valence-electron chi connectivity index (χ4n) is 2.22. The third kappa shape index (κ3) is 4.86. The Labute approximate surface area is 161 Å². The van der Waals surface area contributed by atoms with Crippen LogP contribution in [0.15, 0.2) is 60.4 Å². The molecule has 0 radical (unpaired) electrons. The molecule has 0 fully saturated rings. The van der Waals surface area contributed by atoms with Crippen molar-refractivity contribution in [3.63, 3.8) is 0 Å². The minimum atomic E-state index is -0.835. The van der Waals surface area contributed by atoms with E-state index in [1.54, 1.807) is 47.3 Å². The topological polar surface area (TPSA) is 53.5 Å². The second-order valence-corrected chi connectivity index (χ2v) is 6.41. The van der Waals surface area contributed by atoms with E-state index in [2.05, 4.69) is 11.6 Å². The van der Waals surface area contributed by atoms with Crippen molar-refractivity contribution in [2.75, 3.05) is 6.54 Å². The summed E-state index contributed by atoms with van der Waals surface area (Å²) in [6.07, 6.45) is 4.96. The van der Waals surface area contributed by atoms with E-state index in [1.165, 1.54) is 6.07 Å². The molecule has 130 valence electrons. The van der Waals surface area contributed by atoms with Crippen molar-refractivity contribution in [1.82, 2.24) is 0 Å². The summed E-state index contributed by atoms with van der Waals surface area (Å²) in [6.45, 7) is 3.77. The fraction of sp³-hybridized carbons (Fsp3) is 0.167. The van der Waals surface area contributed by atoms with Gasteiger partial charge in [-0.15, -0.1) is 6.58 Å². The number of ketones is 1. The highest BCUT2D eigenvalue weighted by molar-refractivity contribution is 7.77. The number of aliphatic imine (C=N–C) groups is 1. The summed E-state index contributed by atoms with van der Waals surface area (Å²) in [5.41, 5.74) is 1.03. The average Bonchev–Trinajstić information content (AvgIpc) is 2.62. The number of hydrogen-bond acceptors (Lipinski definition) is 4. The molecule has 0 saturated heterocycles. The first kappa shape index (κ1) is 19.5. The Morgan fingerprint density at radius 2 is 2.12 bits per heavy atom. The number of halogens is 2. The highest BCUT2D eigenvalue weighted by Gasteiger charge is 2.29. The Morgan fingerprint density at radius 3 is 2.76 bits per heavy atom. The van der Waals surface area contributed by atoms with E-state index in [0.29, 0.717) is 22.7 Å². The normalized spacial score (nSPS) is 12.7. The van der Waals surface area contributed by atoms with E-state index in [1.807, 2.05) is 0 Å². The fourth-order valence-corrected chi connectivity index (χ4v) is 2.82. The molecule has 0 bridgehead atoms. The number of carbonyl (C=O) groups is 1. The van der Waals surface area contributed by atoms with Gasteiger partial charge in [0, 0.05) is 17.2 Å². The standard InChI is InChI=1S/C18H16Cl2N2O2S/c1-2-7-21-18(25)16(22-8-3-4-12(10-22)11-23)17(24)13-5-6-14(19)15(20)9-13/h2-6,8-10,16,23H,1,7,11H2. The van der Waals surface area contributed by atoms with Crippen molar-refractivity contribution in [2.24, 2.45) is 4.99 Å². The van der Waals surface area contributed by atoms with Crippen LogP contribution in [0.5, 0.6) is 0 Å². The molecule has 4 nitrogen and oxygen atoms in total. The minimum Gasteiger partial charge on any atom is -0.758 e. The Kier molecular flexibility index (Phi) is 7.08. The molecule has 7 heteroatoms. The Bertz CT molecular complexity index is 824. The highest BCUT2D eigenvalue weighted by Crippen LogP contribution is 2.24. The van der Waals surface area contributed by atoms with E-state index in [0.717, 1.165) is 0 Å². The van der Waals surface area contributed by atoms with Gasteiger partial charge in [0.1, 0.15) is 0 Å². The van der Waals surface area contributed by atoms with Gasteiger partial charge >= 0.3 is 0 Å². The van der Waals surface area contributed by atoms with Crippen molar-refractivity contribution < 1.29 is 14.5 Å². The van der Waals surface area contributed by atoms with E-state index < -0.39 is 6.04 Å². The van der Waals surface area contributed by atoms with Crippen molar-refractivity contribution in [3.05, 3.63) is 76.6 Å². The molecule has 25 heavy (non-hydrogen) atoms. The van der Waals surface area contributed by atoms with Crippen molar-refractivity contribution in [2.45, 2.75) is 12.6 Å². The number of pyridine rings is 1. The molecule has 0 spiro atoms. The van der Waals surface area contributed by atoms with Gasteiger partial charge in [0.25, 0.3) is 0 Å². The Morgan fingerprint density at radius 1 is 1.36 bits per heavy atom. The van der Waals surface area contributed by atoms with Crippen molar-refractivity contribution in [1.29, 1.82) is 0 Å². The maximum Gasteiger partial charge on any atom is 0.237 e. The largest absolute Gasteiger partial charge is 0.758 e. The van der Waals surface area contributed by atoms with Crippen molar-refractivity contribution in [3.8, 4) is 0 Å². The van der Waals surface area contributed by atoms with E-state index in [-0.39, 0.29) is 22.5 Å². The number of hydrogen-bond donors (Lipinski definition) is 1. The van der Waals surface area contributed by atoms with Gasteiger partial charge in [-0.2, -0.15) is 4.57 Å². The number of aliphatic hydroxyl groups is 1. The van der Waals surface area contributed by atoms with Crippen LogP contribution in [-0.2, 0) is 19.2 Å². The van der Waals surface area contributed by atoms with Crippen LogP contribution >= 0.6 is 23.2 Å². The molecule has 1 unspecified atom stereocenters. The molecule has 1 N–H and O–H groups in total. The predicted octanol–water partition coefficient (Wildman–Crippen LogP) is 3.33. The molecule has 1 heterocycles. The molecule has 2 aromatic rings. The predicted molar refractivity (Wildman–Crippen MR) is 102 cm³/mol. The minimum absolute atomic E-state index is 0.148. The summed E-state index contributed by atoms with van der Waals surface area (Å²) in [6, 6.07) is 7.31. The number of Topliss-reactive ketones (excluding diaryl/α,β-unsaturated/α-hetero) is 1. The number of aliphatic hydroxyl groups excluding tert-OH is 1. The van der Waals surface area contributed by atoms with Gasteiger partial charge in [-0.3, -0.25) is 4.79 Å². The summed E-state index contributed by atoms with van der Waals surface area (Å²) < 4.78 is 1.63. The van der Waals surface area contributed by atoms with Crippen LogP contribution in [0.1, 0.15) is 22.0 Å². The molecule has 1 aromatic carbocycles. The highest BCUT2D eigenvalue weighted by atomic mass is 35.5. The maximum atomic E-state index is 13.1. The van der Waals surface area contributed by atoms with Crippen LogP contribution in [0.4, 0.5) is 0 Å². The molecule has 1 aromatic heterocycles. The first-order chi connectivity index (χ1) is 12.0. The van der Waals surface area contributed by atoms with Gasteiger partial charge in [-0.25, -0.2) is 0 Å². The summed E-state index contributed by atoms with van der Waals surface area (Å²) in [5, 5.41) is 10.2. The molecule has 2 rings (SSSR count). The first-order valence-corrected chi connectivity index (χ1v) is 8.56. The van der Waals surface area contributed by atoms with Gasteiger partial charge in [0.2, 0.25) is 11.8 Å². The lowest BCUT2D eigenvalue weighted by molar-refractivity contribution is -0.692. The lowest BCUT2D eigenvalue weighted by Gasteiger charge is -2.19. The molecule has 0 aliphatic carbocycles. The zero-order chi connectivity index (χ0) is 18.4. The maximum absolute atomic E-state index is 13.1. The first-order valence-electron chi connectivity index (χ1n) is 7.40. The summed E-state index contributed by atoms with van der Waals surface area (Å²) >= 11 is 17.3. The van der Waals surface area contributed by atoms with Crippen LogP contribution in [-0.4, -0.2) is 22.5 Å². The Balaban J connectivity index is 2.51. The van der Waals surface area contributed by atoms with Crippen molar-refractivity contribution >= 4 is 46.7 Å². The Hall–Kier alpha value is -1.79. The van der Waals surface area contributed by atoms with Gasteiger partial charge in [-0.1, -0.05) is 29.3 Å². The van der Waals surface area contributed by atoms with Crippen LogP contribution in [0.3, 0.4) is 0 Å². The zero-order valence-electron chi connectivity index (χ0n) is 13.2. The molecule has 1 atom stereocenters. The van der Waals surface area contributed by atoms with E-state index in [4.69, 9.17) is 35.8 Å². The number of benzene rings is 1. The molecule has 0 aliphatic rings. The SMILES string of the molecule is C=CCN=C([S-])C(C(=O)c1ccc(Cl)c(Cl)c1)[n+]1cccc(CO)c1. The van der Waals surface area contributed by atoms with Crippen LogP contribution in [0, 0.1) is 0 Å². The number of rotatable bonds is 7. The van der Waals surface area contributed by atoms with Gasteiger partial charge < -0.3 is 22.7 Å². The monoisotopic (exact) mass is 394 g/mol. The number of aromatic nitrogens is 1. The third-order valence-electron chi connectivity index (χ3n) is 3.43. The average molecular weight is 395 g/mol. The van der Waals surface area contributed by atoms with Crippen LogP contribution < -0.4 is 4.57 Å². The summed E-state index contributed by atoms with van der Waals surface area (Å²) in [4.78, 5) is 17.3. The third-order valence-corrected chi connectivity index (χ3v) is 4.52. The zero-order valence-corrected chi connectivity index (χ0v) is 15.6. The molecule has 0 saturated carbocycles. The lowest BCUT2D eigenvalue weighted by Crippen LogP contribution is -2.48. The summed E-state index contributed by atoms with van der Waals surface area (Å²) in [5.74, 6) is -0.267. The summed E-state index contributed by atoms with van der Waals surface area (Å²) in [7, 11) is 0. The second kappa shape index (κ2) is 9.06. The molecular formula is C18H16Cl2N2O2S. The van der Waals surface area contributed by atoms with Gasteiger partial charge in [-0.05, 0) is 29.3 Å². The van der Waals surface area contributed by atoms with E-state index >= 15 is 0 Å². The smallest absolute Gasteiger partial charge is 0.237 e. The van der Waals surface area contributed by atoms with Crippen LogP contribution in [0.2, 0.25) is 10.0 Å².